The summed E-state index contributed by atoms with van der Waals surface area (Å²) >= 11 is 0. The number of hydrogen-bond donors (Lipinski definition) is 0. The second-order valence-corrected chi connectivity index (χ2v) is 7.32. The average Bonchev–Trinajstić information content (AvgIpc) is 3.38. The number of fused-ring (bicyclic) bond motifs is 3. The maximum absolute atomic E-state index is 13.0. The monoisotopic (exact) mass is 406 g/mol. The molecule has 0 spiro atoms. The highest BCUT2D eigenvalue weighted by molar-refractivity contribution is 5.82. The van der Waals surface area contributed by atoms with Crippen LogP contribution in [0.15, 0.2) is 52.0 Å². The van der Waals surface area contributed by atoms with Crippen molar-refractivity contribution in [2.75, 3.05) is 31.1 Å². The Balaban J connectivity index is 1.36. The summed E-state index contributed by atoms with van der Waals surface area (Å²) < 4.78 is 8.53. The summed E-state index contributed by atoms with van der Waals surface area (Å²) in [5, 5.41) is 4.48. The maximum atomic E-state index is 13.0. The van der Waals surface area contributed by atoms with E-state index in [0.29, 0.717) is 49.5 Å². The van der Waals surface area contributed by atoms with Crippen LogP contribution in [0.25, 0.3) is 16.6 Å². The van der Waals surface area contributed by atoms with Crippen molar-refractivity contribution in [3.63, 3.8) is 0 Å². The van der Waals surface area contributed by atoms with E-state index in [4.69, 9.17) is 4.42 Å². The van der Waals surface area contributed by atoms with Crippen molar-refractivity contribution < 1.29 is 9.21 Å². The normalized spacial score (nSPS) is 14.7. The van der Waals surface area contributed by atoms with Gasteiger partial charge in [-0.2, -0.15) is 5.10 Å². The van der Waals surface area contributed by atoms with Gasteiger partial charge in [-0.05, 0) is 12.1 Å². The number of aromatic nitrogens is 4. The first-order valence-corrected chi connectivity index (χ1v) is 10.1. The molecule has 1 fully saturated rings. The van der Waals surface area contributed by atoms with Crippen LogP contribution in [0.2, 0.25) is 0 Å². The number of anilines is 1. The van der Waals surface area contributed by atoms with Crippen LogP contribution < -0.4 is 10.5 Å². The molecule has 9 heteroatoms. The SMILES string of the molecule is CCc1nn(CC(=O)N2CCN(c3ccccn3)CC2)c(=O)c2cc3occc3n12. The van der Waals surface area contributed by atoms with Gasteiger partial charge in [-0.1, -0.05) is 13.0 Å². The molecule has 1 saturated heterocycles. The molecule has 0 aliphatic carbocycles. The van der Waals surface area contributed by atoms with E-state index in [0.717, 1.165) is 11.3 Å². The van der Waals surface area contributed by atoms with Gasteiger partial charge < -0.3 is 14.2 Å². The Morgan fingerprint density at radius 2 is 1.97 bits per heavy atom. The zero-order valence-electron chi connectivity index (χ0n) is 16.7. The summed E-state index contributed by atoms with van der Waals surface area (Å²) in [6.45, 7) is 4.49. The van der Waals surface area contributed by atoms with Crippen molar-refractivity contribution in [2.24, 2.45) is 0 Å². The van der Waals surface area contributed by atoms with Gasteiger partial charge in [-0.3, -0.25) is 14.0 Å². The Hall–Kier alpha value is -3.62. The van der Waals surface area contributed by atoms with Gasteiger partial charge >= 0.3 is 0 Å². The molecule has 154 valence electrons. The molecule has 1 aliphatic rings. The standard InChI is InChI=1S/C21H22N6O3/c1-2-18-23-26(21(29)16-13-17-15(27(16)18)6-12-30-17)14-20(28)25-10-8-24(9-11-25)19-5-3-4-7-22-19/h3-7,12-13H,2,8-11,14H2,1H3. The van der Waals surface area contributed by atoms with Crippen LogP contribution in [-0.2, 0) is 17.8 Å². The minimum absolute atomic E-state index is 0.0710. The molecule has 0 N–H and O–H groups in total. The van der Waals surface area contributed by atoms with Crippen LogP contribution in [0.5, 0.6) is 0 Å². The third-order valence-electron chi connectivity index (χ3n) is 5.58. The van der Waals surface area contributed by atoms with E-state index in [1.807, 2.05) is 35.6 Å². The number of amides is 1. The first-order valence-electron chi connectivity index (χ1n) is 10.1. The van der Waals surface area contributed by atoms with E-state index in [9.17, 15) is 9.59 Å². The quantitative estimate of drug-likeness (QED) is 0.511. The van der Waals surface area contributed by atoms with Gasteiger partial charge in [-0.25, -0.2) is 9.67 Å². The Morgan fingerprint density at radius 3 is 2.70 bits per heavy atom. The largest absolute Gasteiger partial charge is 0.463 e. The van der Waals surface area contributed by atoms with Crippen LogP contribution in [0.3, 0.4) is 0 Å². The molecule has 1 aliphatic heterocycles. The fourth-order valence-electron chi connectivity index (χ4n) is 4.01. The fraction of sp³-hybridized carbons (Fsp3) is 0.333. The molecule has 0 bridgehead atoms. The smallest absolute Gasteiger partial charge is 0.291 e. The Morgan fingerprint density at radius 1 is 1.13 bits per heavy atom. The molecule has 1 amide bonds. The Kier molecular flexibility index (Phi) is 4.50. The number of pyridine rings is 1. The van der Waals surface area contributed by atoms with Crippen LogP contribution in [0, 0.1) is 0 Å². The molecule has 0 saturated carbocycles. The molecule has 0 radical (unpaired) electrons. The maximum Gasteiger partial charge on any atom is 0.291 e. The van der Waals surface area contributed by atoms with Gasteiger partial charge in [0, 0.05) is 50.9 Å². The molecule has 4 aromatic rings. The topological polar surface area (TPSA) is 88.9 Å². The zero-order valence-corrected chi connectivity index (χ0v) is 16.7. The molecule has 4 aromatic heterocycles. The molecular weight excluding hydrogens is 384 g/mol. The van der Waals surface area contributed by atoms with E-state index in [2.05, 4.69) is 15.0 Å². The fourth-order valence-corrected chi connectivity index (χ4v) is 4.01. The number of nitrogens with zero attached hydrogens (tertiary/aromatic N) is 6. The lowest BCUT2D eigenvalue weighted by Gasteiger charge is -2.35. The molecule has 0 aromatic carbocycles. The molecule has 5 heterocycles. The average molecular weight is 406 g/mol. The van der Waals surface area contributed by atoms with Gasteiger partial charge in [0.1, 0.15) is 23.7 Å². The zero-order chi connectivity index (χ0) is 20.7. The van der Waals surface area contributed by atoms with Crippen LogP contribution >= 0.6 is 0 Å². The van der Waals surface area contributed by atoms with Gasteiger partial charge in [0.25, 0.3) is 5.56 Å². The number of carbonyl (C=O) groups excluding carboxylic acids is 1. The highest BCUT2D eigenvalue weighted by Crippen LogP contribution is 2.20. The van der Waals surface area contributed by atoms with Crippen LogP contribution in [0.4, 0.5) is 5.82 Å². The lowest BCUT2D eigenvalue weighted by molar-refractivity contribution is -0.132. The summed E-state index contributed by atoms with van der Waals surface area (Å²) in [5.74, 6) is 1.53. The summed E-state index contributed by atoms with van der Waals surface area (Å²) in [4.78, 5) is 34.2. The van der Waals surface area contributed by atoms with Gasteiger partial charge in [-0.15, -0.1) is 0 Å². The molecule has 0 atom stereocenters. The van der Waals surface area contributed by atoms with Gasteiger partial charge in [0.05, 0.1) is 11.8 Å². The third kappa shape index (κ3) is 3.02. The van der Waals surface area contributed by atoms with E-state index in [1.54, 1.807) is 23.4 Å². The number of aryl methyl sites for hydroxylation is 1. The second kappa shape index (κ2) is 7.33. The minimum atomic E-state index is -0.293. The van der Waals surface area contributed by atoms with Crippen LogP contribution in [-0.4, -0.2) is 56.2 Å². The van der Waals surface area contributed by atoms with Gasteiger partial charge in [0.15, 0.2) is 5.58 Å². The predicted octanol–water partition coefficient (Wildman–Crippen LogP) is 1.55. The number of furan rings is 1. The van der Waals surface area contributed by atoms with E-state index < -0.39 is 0 Å². The minimum Gasteiger partial charge on any atom is -0.463 e. The highest BCUT2D eigenvalue weighted by Gasteiger charge is 2.23. The Bertz CT molecular complexity index is 1260. The lowest BCUT2D eigenvalue weighted by Crippen LogP contribution is -2.50. The second-order valence-electron chi connectivity index (χ2n) is 7.32. The number of hydrogen-bond acceptors (Lipinski definition) is 6. The summed E-state index contributed by atoms with van der Waals surface area (Å²) in [7, 11) is 0. The first kappa shape index (κ1) is 18.4. The predicted molar refractivity (Wildman–Crippen MR) is 112 cm³/mol. The summed E-state index contributed by atoms with van der Waals surface area (Å²) in [5.41, 5.74) is 1.64. The number of carbonyl (C=O) groups is 1. The van der Waals surface area contributed by atoms with Crippen molar-refractivity contribution in [1.82, 2.24) is 24.1 Å². The third-order valence-corrected chi connectivity index (χ3v) is 5.58. The molecule has 9 nitrogen and oxygen atoms in total. The summed E-state index contributed by atoms with van der Waals surface area (Å²) in [6.07, 6.45) is 3.99. The van der Waals surface area contributed by atoms with Gasteiger partial charge in [0.2, 0.25) is 5.91 Å². The Labute approximate surface area is 172 Å². The van der Waals surface area contributed by atoms with E-state index in [-0.39, 0.29) is 18.0 Å². The lowest BCUT2D eigenvalue weighted by atomic mass is 10.3. The van der Waals surface area contributed by atoms with E-state index in [1.165, 1.54) is 4.68 Å². The van der Waals surface area contributed by atoms with Crippen molar-refractivity contribution in [3.05, 3.63) is 59.0 Å². The molecule has 0 unspecified atom stereocenters. The van der Waals surface area contributed by atoms with Crippen LogP contribution in [0.1, 0.15) is 12.7 Å². The van der Waals surface area contributed by atoms with Crippen molar-refractivity contribution >= 4 is 28.3 Å². The molecular formula is C21H22N6O3. The molecule has 5 rings (SSSR count). The highest BCUT2D eigenvalue weighted by atomic mass is 16.3. The van der Waals surface area contributed by atoms with Crippen molar-refractivity contribution in [2.45, 2.75) is 19.9 Å². The molecule has 30 heavy (non-hydrogen) atoms. The van der Waals surface area contributed by atoms with E-state index >= 15 is 0 Å². The van der Waals surface area contributed by atoms with Crippen molar-refractivity contribution in [1.29, 1.82) is 0 Å². The number of piperazine rings is 1. The van der Waals surface area contributed by atoms with Crippen molar-refractivity contribution in [3.8, 4) is 0 Å². The summed E-state index contributed by atoms with van der Waals surface area (Å²) in [6, 6.07) is 9.34. The first-order chi connectivity index (χ1) is 14.7. The number of rotatable bonds is 4.